The summed E-state index contributed by atoms with van der Waals surface area (Å²) in [6.07, 6.45) is 1.16. The molecule has 0 unspecified atom stereocenters. The van der Waals surface area contributed by atoms with Gasteiger partial charge in [-0.25, -0.2) is 0 Å². The highest BCUT2D eigenvalue weighted by Gasteiger charge is 2.25. The van der Waals surface area contributed by atoms with Gasteiger partial charge in [0.05, 0.1) is 12.0 Å². The zero-order valence-electron chi connectivity index (χ0n) is 9.67. The van der Waals surface area contributed by atoms with Gasteiger partial charge in [-0.1, -0.05) is 6.92 Å². The van der Waals surface area contributed by atoms with Gasteiger partial charge in [0.15, 0.2) is 0 Å². The van der Waals surface area contributed by atoms with E-state index in [1.165, 1.54) is 7.11 Å². The molecular weight excluding hydrogens is 228 g/mol. The standard InChI is InChI=1S/C9H14N4O4/c1-3-10-4-5-17-9-7(13(14)15)8(16-2)11-6-12-9/h6,10H,3-5H2,1-2H3. The van der Waals surface area contributed by atoms with Crippen molar-refractivity contribution in [3.8, 4) is 11.8 Å². The minimum absolute atomic E-state index is 0.0836. The monoisotopic (exact) mass is 242 g/mol. The Morgan fingerprint density at radius 3 is 2.76 bits per heavy atom. The molecule has 0 aliphatic carbocycles. The van der Waals surface area contributed by atoms with Crippen molar-refractivity contribution in [2.24, 2.45) is 0 Å². The van der Waals surface area contributed by atoms with Crippen molar-refractivity contribution in [3.05, 3.63) is 16.4 Å². The Hall–Kier alpha value is -1.96. The van der Waals surface area contributed by atoms with Gasteiger partial charge < -0.3 is 14.8 Å². The lowest BCUT2D eigenvalue weighted by atomic mass is 10.5. The molecule has 0 amide bonds. The van der Waals surface area contributed by atoms with E-state index in [1.807, 2.05) is 6.92 Å². The quantitative estimate of drug-likeness (QED) is 0.419. The summed E-state index contributed by atoms with van der Waals surface area (Å²) in [5, 5.41) is 13.9. The molecule has 0 atom stereocenters. The van der Waals surface area contributed by atoms with Crippen LogP contribution in [0.5, 0.6) is 11.8 Å². The minimum Gasteiger partial charge on any atom is -0.476 e. The van der Waals surface area contributed by atoms with E-state index < -0.39 is 4.92 Å². The molecule has 1 aromatic heterocycles. The molecule has 0 spiro atoms. The number of likely N-dealkylation sites (N-methyl/N-ethyl adjacent to an activating group) is 1. The predicted octanol–water partition coefficient (Wildman–Crippen LogP) is 0.382. The number of hydrogen-bond donors (Lipinski definition) is 1. The number of methoxy groups -OCH3 is 1. The highest BCUT2D eigenvalue weighted by Crippen LogP contribution is 2.31. The summed E-state index contributed by atoms with van der Waals surface area (Å²) in [5.74, 6) is -0.191. The van der Waals surface area contributed by atoms with E-state index in [0.29, 0.717) is 6.54 Å². The van der Waals surface area contributed by atoms with Crippen molar-refractivity contribution in [1.82, 2.24) is 15.3 Å². The molecular formula is C9H14N4O4. The summed E-state index contributed by atoms with van der Waals surface area (Å²) in [5.41, 5.74) is -0.355. The second-order valence-electron chi connectivity index (χ2n) is 3.00. The summed E-state index contributed by atoms with van der Waals surface area (Å²) in [4.78, 5) is 17.6. The summed E-state index contributed by atoms with van der Waals surface area (Å²) >= 11 is 0. The van der Waals surface area contributed by atoms with Gasteiger partial charge >= 0.3 is 17.4 Å². The zero-order chi connectivity index (χ0) is 12.7. The number of nitrogens with one attached hydrogen (secondary N) is 1. The van der Waals surface area contributed by atoms with Gasteiger partial charge in [0, 0.05) is 6.54 Å². The van der Waals surface area contributed by atoms with Crippen LogP contribution in [-0.4, -0.2) is 41.7 Å². The van der Waals surface area contributed by atoms with Crippen LogP contribution < -0.4 is 14.8 Å². The fraction of sp³-hybridized carbons (Fsp3) is 0.556. The number of nitrogens with zero attached hydrogens (tertiary/aromatic N) is 3. The van der Waals surface area contributed by atoms with Crippen molar-refractivity contribution >= 4 is 5.69 Å². The van der Waals surface area contributed by atoms with Gasteiger partial charge in [-0.15, -0.1) is 0 Å². The molecule has 0 aromatic carbocycles. The van der Waals surface area contributed by atoms with Crippen molar-refractivity contribution in [1.29, 1.82) is 0 Å². The molecule has 8 nitrogen and oxygen atoms in total. The number of ether oxygens (including phenoxy) is 2. The predicted molar refractivity (Wildman–Crippen MR) is 59.3 cm³/mol. The van der Waals surface area contributed by atoms with Gasteiger partial charge in [0.1, 0.15) is 12.9 Å². The van der Waals surface area contributed by atoms with Crippen LogP contribution in [0.15, 0.2) is 6.33 Å². The average molecular weight is 242 g/mol. The Balaban J connectivity index is 2.79. The van der Waals surface area contributed by atoms with Crippen LogP contribution in [0.1, 0.15) is 6.92 Å². The molecule has 0 saturated carbocycles. The van der Waals surface area contributed by atoms with Gasteiger partial charge in [0.25, 0.3) is 0 Å². The van der Waals surface area contributed by atoms with Crippen molar-refractivity contribution < 1.29 is 14.4 Å². The van der Waals surface area contributed by atoms with Crippen LogP contribution in [0, 0.1) is 10.1 Å². The fourth-order valence-corrected chi connectivity index (χ4v) is 1.16. The molecule has 1 aromatic rings. The Kier molecular flexibility index (Phi) is 5.08. The SMILES string of the molecule is CCNCCOc1ncnc(OC)c1[N+](=O)[O-]. The van der Waals surface area contributed by atoms with E-state index in [4.69, 9.17) is 9.47 Å². The number of nitro groups is 1. The van der Waals surface area contributed by atoms with Crippen molar-refractivity contribution in [3.63, 3.8) is 0 Å². The second kappa shape index (κ2) is 6.59. The molecule has 0 aliphatic heterocycles. The highest BCUT2D eigenvalue weighted by molar-refractivity contribution is 5.48. The largest absolute Gasteiger partial charge is 0.476 e. The molecule has 1 N–H and O–H groups in total. The van der Waals surface area contributed by atoms with Crippen LogP contribution in [0.4, 0.5) is 5.69 Å². The first kappa shape index (κ1) is 13.1. The Bertz CT molecular complexity index is 385. The zero-order valence-corrected chi connectivity index (χ0v) is 9.67. The number of hydrogen-bond acceptors (Lipinski definition) is 7. The lowest BCUT2D eigenvalue weighted by molar-refractivity contribution is -0.387. The molecule has 0 aliphatic rings. The maximum atomic E-state index is 10.8. The third-order valence-corrected chi connectivity index (χ3v) is 1.90. The Morgan fingerprint density at radius 1 is 1.47 bits per heavy atom. The topological polar surface area (TPSA) is 99.4 Å². The first-order valence-electron chi connectivity index (χ1n) is 5.07. The van der Waals surface area contributed by atoms with Crippen molar-refractivity contribution in [2.45, 2.75) is 6.92 Å². The molecule has 1 heterocycles. The molecule has 1 rings (SSSR count). The number of aromatic nitrogens is 2. The van der Waals surface area contributed by atoms with E-state index in [1.54, 1.807) is 0 Å². The summed E-state index contributed by atoms with van der Waals surface area (Å²) < 4.78 is 9.99. The lowest BCUT2D eigenvalue weighted by Gasteiger charge is -2.07. The van der Waals surface area contributed by atoms with Crippen LogP contribution >= 0.6 is 0 Å². The van der Waals surface area contributed by atoms with Crippen LogP contribution in [0.3, 0.4) is 0 Å². The van der Waals surface area contributed by atoms with E-state index in [9.17, 15) is 10.1 Å². The van der Waals surface area contributed by atoms with Crippen LogP contribution in [-0.2, 0) is 0 Å². The summed E-state index contributed by atoms with van der Waals surface area (Å²) in [6, 6.07) is 0. The average Bonchev–Trinajstić information content (AvgIpc) is 2.33. The molecule has 94 valence electrons. The smallest absolute Gasteiger partial charge is 0.392 e. The van der Waals surface area contributed by atoms with Gasteiger partial charge in [-0.3, -0.25) is 10.1 Å². The molecule has 0 saturated heterocycles. The summed E-state index contributed by atoms with van der Waals surface area (Å²) in [6.45, 7) is 3.63. The fourth-order valence-electron chi connectivity index (χ4n) is 1.16. The first-order chi connectivity index (χ1) is 8.20. The van der Waals surface area contributed by atoms with Crippen LogP contribution in [0.2, 0.25) is 0 Å². The Labute approximate surface area is 98.1 Å². The highest BCUT2D eigenvalue weighted by atomic mass is 16.6. The lowest BCUT2D eigenvalue weighted by Crippen LogP contribution is -2.20. The van der Waals surface area contributed by atoms with E-state index in [2.05, 4.69) is 15.3 Å². The van der Waals surface area contributed by atoms with Crippen LogP contribution in [0.25, 0.3) is 0 Å². The van der Waals surface area contributed by atoms with Gasteiger partial charge in [-0.2, -0.15) is 9.97 Å². The second-order valence-corrected chi connectivity index (χ2v) is 3.00. The van der Waals surface area contributed by atoms with E-state index in [0.717, 1.165) is 12.9 Å². The van der Waals surface area contributed by atoms with E-state index in [-0.39, 0.29) is 24.1 Å². The molecule has 0 radical (unpaired) electrons. The number of rotatable bonds is 7. The molecule has 0 fully saturated rings. The molecule has 8 heteroatoms. The maximum absolute atomic E-state index is 10.8. The van der Waals surface area contributed by atoms with Gasteiger partial charge in [0.2, 0.25) is 0 Å². The van der Waals surface area contributed by atoms with Gasteiger partial charge in [-0.05, 0) is 6.54 Å². The maximum Gasteiger partial charge on any atom is 0.392 e. The molecule has 17 heavy (non-hydrogen) atoms. The van der Waals surface area contributed by atoms with Crippen molar-refractivity contribution in [2.75, 3.05) is 26.8 Å². The third-order valence-electron chi connectivity index (χ3n) is 1.90. The summed E-state index contributed by atoms with van der Waals surface area (Å²) in [7, 11) is 1.30. The third kappa shape index (κ3) is 3.52. The first-order valence-corrected chi connectivity index (χ1v) is 5.07. The molecule has 0 bridgehead atoms. The minimum atomic E-state index is -0.624. The Morgan fingerprint density at radius 2 is 2.18 bits per heavy atom. The van der Waals surface area contributed by atoms with E-state index >= 15 is 0 Å². The normalized spacial score (nSPS) is 10.0.